The Morgan fingerprint density at radius 2 is 2.19 bits per heavy atom. The van der Waals surface area contributed by atoms with Gasteiger partial charge in [0.2, 0.25) is 0 Å². The van der Waals surface area contributed by atoms with E-state index in [0.717, 1.165) is 30.9 Å². The summed E-state index contributed by atoms with van der Waals surface area (Å²) in [5.74, 6) is 1.77. The van der Waals surface area contributed by atoms with Crippen molar-refractivity contribution >= 4 is 10.8 Å². The molecule has 1 heterocycles. The summed E-state index contributed by atoms with van der Waals surface area (Å²) in [5, 5.41) is 0. The Bertz CT molecular complexity index is 230. The summed E-state index contributed by atoms with van der Waals surface area (Å²) >= 11 is 0. The van der Waals surface area contributed by atoms with E-state index in [-0.39, 0.29) is 0 Å². The van der Waals surface area contributed by atoms with Crippen LogP contribution in [0.4, 0.5) is 0 Å². The van der Waals surface area contributed by atoms with Crippen molar-refractivity contribution in [3.8, 4) is 0 Å². The zero-order valence-corrected chi connectivity index (χ0v) is 11.3. The van der Waals surface area contributed by atoms with Gasteiger partial charge in [0.25, 0.3) is 0 Å². The molecule has 0 aromatic rings. The largest absolute Gasteiger partial charge is 0.300 e. The van der Waals surface area contributed by atoms with Crippen LogP contribution in [-0.2, 0) is 10.8 Å². The molecule has 1 fully saturated rings. The first kappa shape index (κ1) is 13.9. The minimum Gasteiger partial charge on any atom is -0.300 e. The second kappa shape index (κ2) is 8.02. The van der Waals surface area contributed by atoms with Crippen LogP contribution in [0.5, 0.6) is 0 Å². The van der Waals surface area contributed by atoms with Crippen molar-refractivity contribution in [3.05, 3.63) is 12.7 Å². The van der Waals surface area contributed by atoms with Gasteiger partial charge < -0.3 is 0 Å². The molecule has 1 aliphatic heterocycles. The number of allylic oxidation sites excluding steroid dienone is 1. The lowest BCUT2D eigenvalue weighted by Gasteiger charge is -2.26. The van der Waals surface area contributed by atoms with Gasteiger partial charge in [-0.05, 0) is 39.2 Å². The van der Waals surface area contributed by atoms with Crippen LogP contribution in [0.25, 0.3) is 0 Å². The monoisotopic (exact) mass is 243 g/mol. The third-order valence-electron chi connectivity index (χ3n) is 3.35. The van der Waals surface area contributed by atoms with E-state index in [4.69, 9.17) is 0 Å². The average Bonchev–Trinajstić information content (AvgIpc) is 2.43. The second-order valence-electron chi connectivity index (χ2n) is 4.66. The van der Waals surface area contributed by atoms with E-state index >= 15 is 0 Å². The Kier molecular flexibility index (Phi) is 6.97. The predicted molar refractivity (Wildman–Crippen MR) is 72.2 cm³/mol. The maximum Gasteiger partial charge on any atom is 0.0362 e. The fourth-order valence-electron chi connectivity index (χ4n) is 2.14. The highest BCUT2D eigenvalue weighted by Gasteiger charge is 2.18. The Balaban J connectivity index is 2.18. The van der Waals surface area contributed by atoms with Crippen LogP contribution in [0.2, 0.25) is 0 Å². The highest BCUT2D eigenvalue weighted by atomic mass is 32.2. The van der Waals surface area contributed by atoms with Crippen LogP contribution in [0.15, 0.2) is 12.7 Å². The maximum atomic E-state index is 11.5. The van der Waals surface area contributed by atoms with Crippen LogP contribution in [0.3, 0.4) is 0 Å². The van der Waals surface area contributed by atoms with Crippen LogP contribution >= 0.6 is 0 Å². The van der Waals surface area contributed by atoms with Gasteiger partial charge in [-0.15, -0.1) is 6.58 Å². The zero-order valence-electron chi connectivity index (χ0n) is 10.5. The van der Waals surface area contributed by atoms with Crippen molar-refractivity contribution in [1.29, 1.82) is 0 Å². The molecule has 0 aromatic carbocycles. The molecule has 2 nitrogen and oxygen atoms in total. The molecule has 0 radical (unpaired) electrons. The summed E-state index contributed by atoms with van der Waals surface area (Å²) in [6.45, 7) is 8.21. The Hall–Kier alpha value is -0.150. The summed E-state index contributed by atoms with van der Waals surface area (Å²) in [6.07, 6.45) is 8.05. The fourth-order valence-corrected chi connectivity index (χ4v) is 3.38. The van der Waals surface area contributed by atoms with E-state index in [9.17, 15) is 4.21 Å². The molecule has 0 N–H and O–H groups in total. The Morgan fingerprint density at radius 1 is 1.38 bits per heavy atom. The first-order valence-electron chi connectivity index (χ1n) is 6.44. The lowest BCUT2D eigenvalue weighted by atomic mass is 10.1. The lowest BCUT2D eigenvalue weighted by molar-refractivity contribution is 0.216. The number of nitrogens with zero attached hydrogens (tertiary/aromatic N) is 1. The average molecular weight is 243 g/mol. The molecule has 3 heteroatoms. The molecule has 0 bridgehead atoms. The minimum atomic E-state index is -0.564. The third-order valence-corrected chi connectivity index (χ3v) is 4.68. The molecule has 16 heavy (non-hydrogen) atoms. The molecule has 2 unspecified atom stereocenters. The van der Waals surface area contributed by atoms with E-state index in [0.29, 0.717) is 6.04 Å². The van der Waals surface area contributed by atoms with E-state index in [2.05, 4.69) is 18.4 Å². The molecule has 0 saturated carbocycles. The predicted octanol–water partition coefficient (Wildman–Crippen LogP) is 2.58. The van der Waals surface area contributed by atoms with Crippen molar-refractivity contribution < 1.29 is 4.21 Å². The SMILES string of the molecule is C=CCCCCCN1CCS(=O)CCC1C. The molecule has 0 aromatic heterocycles. The molecule has 0 spiro atoms. The highest BCUT2D eigenvalue weighted by Crippen LogP contribution is 2.12. The van der Waals surface area contributed by atoms with Gasteiger partial charge in [-0.2, -0.15) is 0 Å². The molecular formula is C13H25NOS. The number of hydrogen-bond donors (Lipinski definition) is 0. The van der Waals surface area contributed by atoms with E-state index < -0.39 is 10.8 Å². The molecule has 2 atom stereocenters. The first-order valence-corrected chi connectivity index (χ1v) is 7.92. The number of rotatable bonds is 6. The molecule has 94 valence electrons. The van der Waals surface area contributed by atoms with Gasteiger partial charge in [0.15, 0.2) is 0 Å². The summed E-state index contributed by atoms with van der Waals surface area (Å²) in [6, 6.07) is 0.617. The Labute approximate surface area is 103 Å². The standard InChI is InChI=1S/C13H25NOS/c1-3-4-5-6-7-9-14-10-12-16(15)11-8-13(14)2/h3,13H,1,4-12H2,2H3. The number of hydrogen-bond acceptors (Lipinski definition) is 2. The van der Waals surface area contributed by atoms with Crippen LogP contribution < -0.4 is 0 Å². The van der Waals surface area contributed by atoms with Gasteiger partial charge in [-0.1, -0.05) is 12.5 Å². The molecule has 0 amide bonds. The van der Waals surface area contributed by atoms with Crippen LogP contribution in [0, 0.1) is 0 Å². The van der Waals surface area contributed by atoms with Crippen molar-refractivity contribution in [2.75, 3.05) is 24.6 Å². The normalized spacial score (nSPS) is 27.6. The van der Waals surface area contributed by atoms with Crippen LogP contribution in [-0.4, -0.2) is 39.7 Å². The third kappa shape index (κ3) is 5.26. The molecule has 1 rings (SSSR count). The molecular weight excluding hydrogens is 218 g/mol. The van der Waals surface area contributed by atoms with E-state index in [1.165, 1.54) is 25.8 Å². The van der Waals surface area contributed by atoms with Gasteiger partial charge in [0.1, 0.15) is 0 Å². The number of unbranched alkanes of at least 4 members (excludes halogenated alkanes) is 3. The molecule has 1 saturated heterocycles. The summed E-state index contributed by atoms with van der Waals surface area (Å²) in [5.41, 5.74) is 0. The summed E-state index contributed by atoms with van der Waals surface area (Å²) in [4.78, 5) is 2.51. The van der Waals surface area contributed by atoms with Crippen molar-refractivity contribution in [2.24, 2.45) is 0 Å². The maximum absolute atomic E-state index is 11.5. The zero-order chi connectivity index (χ0) is 11.8. The highest BCUT2D eigenvalue weighted by molar-refractivity contribution is 7.85. The fraction of sp³-hybridized carbons (Fsp3) is 0.846. The second-order valence-corrected chi connectivity index (χ2v) is 6.36. The van der Waals surface area contributed by atoms with Crippen molar-refractivity contribution in [1.82, 2.24) is 4.90 Å². The smallest absolute Gasteiger partial charge is 0.0362 e. The quantitative estimate of drug-likeness (QED) is 0.528. The van der Waals surface area contributed by atoms with Crippen molar-refractivity contribution in [3.63, 3.8) is 0 Å². The minimum absolute atomic E-state index is 0.564. The molecule has 0 aliphatic carbocycles. The van der Waals surface area contributed by atoms with Gasteiger partial charge in [-0.25, -0.2) is 0 Å². The van der Waals surface area contributed by atoms with E-state index in [1.54, 1.807) is 0 Å². The van der Waals surface area contributed by atoms with E-state index in [1.807, 2.05) is 6.08 Å². The first-order chi connectivity index (χ1) is 7.74. The van der Waals surface area contributed by atoms with Gasteiger partial charge in [0, 0.05) is 34.9 Å². The van der Waals surface area contributed by atoms with Gasteiger partial charge in [0.05, 0.1) is 0 Å². The van der Waals surface area contributed by atoms with Crippen LogP contribution in [0.1, 0.15) is 39.0 Å². The lowest BCUT2D eigenvalue weighted by Crippen LogP contribution is -2.34. The van der Waals surface area contributed by atoms with Gasteiger partial charge >= 0.3 is 0 Å². The van der Waals surface area contributed by atoms with Gasteiger partial charge in [-0.3, -0.25) is 9.11 Å². The molecule has 1 aliphatic rings. The topological polar surface area (TPSA) is 20.3 Å². The Morgan fingerprint density at radius 3 is 2.94 bits per heavy atom. The van der Waals surface area contributed by atoms with Crippen molar-refractivity contribution in [2.45, 2.75) is 45.1 Å². The summed E-state index contributed by atoms with van der Waals surface area (Å²) in [7, 11) is -0.564. The summed E-state index contributed by atoms with van der Waals surface area (Å²) < 4.78 is 11.5.